The first-order chi connectivity index (χ1) is 10.6. The molecule has 5 heteroatoms. The molecule has 0 heterocycles. The van der Waals surface area contributed by atoms with Gasteiger partial charge in [0.05, 0.1) is 7.11 Å². The average Bonchev–Trinajstić information content (AvgIpc) is 2.53. The van der Waals surface area contributed by atoms with E-state index in [0.29, 0.717) is 17.3 Å². The molecule has 0 radical (unpaired) electrons. The monoisotopic (exact) mass is 319 g/mol. The quantitative estimate of drug-likeness (QED) is 0.887. The predicted molar refractivity (Wildman–Crippen MR) is 86.4 cm³/mol. The van der Waals surface area contributed by atoms with Gasteiger partial charge in [-0.3, -0.25) is 4.79 Å². The van der Waals surface area contributed by atoms with Crippen LogP contribution in [0.15, 0.2) is 48.5 Å². The first-order valence-electron chi connectivity index (χ1n) is 6.91. The molecule has 1 amide bonds. The van der Waals surface area contributed by atoms with E-state index in [-0.39, 0.29) is 5.91 Å². The van der Waals surface area contributed by atoms with Crippen LogP contribution < -0.4 is 14.8 Å². The summed E-state index contributed by atoms with van der Waals surface area (Å²) >= 11 is 5.91. The molecule has 1 N–H and O–H groups in total. The summed E-state index contributed by atoms with van der Waals surface area (Å²) < 4.78 is 10.7. The van der Waals surface area contributed by atoms with Gasteiger partial charge < -0.3 is 14.8 Å². The Morgan fingerprint density at radius 2 is 1.86 bits per heavy atom. The van der Waals surface area contributed by atoms with Crippen LogP contribution in [0.5, 0.6) is 11.5 Å². The minimum absolute atomic E-state index is 0.184. The molecule has 0 aliphatic carbocycles. The van der Waals surface area contributed by atoms with Crippen LogP contribution in [0.3, 0.4) is 0 Å². The minimum Gasteiger partial charge on any atom is -0.497 e. The van der Waals surface area contributed by atoms with Gasteiger partial charge in [-0.05, 0) is 48.9 Å². The molecular formula is C17H18ClNO3. The Morgan fingerprint density at radius 1 is 1.18 bits per heavy atom. The zero-order chi connectivity index (χ0) is 15.9. The lowest BCUT2D eigenvalue weighted by atomic mass is 10.2. The van der Waals surface area contributed by atoms with E-state index < -0.39 is 6.10 Å². The molecule has 116 valence electrons. The number of hydrogen-bond donors (Lipinski definition) is 1. The Kier molecular flexibility index (Phi) is 5.67. The van der Waals surface area contributed by atoms with Crippen molar-refractivity contribution in [2.24, 2.45) is 0 Å². The number of halogens is 1. The lowest BCUT2D eigenvalue weighted by Gasteiger charge is -2.15. The fraction of sp³-hybridized carbons (Fsp3) is 0.235. The van der Waals surface area contributed by atoms with Crippen molar-refractivity contribution in [2.45, 2.75) is 19.6 Å². The molecule has 4 nitrogen and oxygen atoms in total. The van der Waals surface area contributed by atoms with Crippen LogP contribution in [0, 0.1) is 0 Å². The predicted octanol–water partition coefficient (Wildman–Crippen LogP) is 3.43. The van der Waals surface area contributed by atoms with Gasteiger partial charge in [-0.2, -0.15) is 0 Å². The Hall–Kier alpha value is -2.20. The number of ether oxygens (including phenoxy) is 2. The summed E-state index contributed by atoms with van der Waals surface area (Å²) in [5, 5.41) is 3.47. The van der Waals surface area contributed by atoms with Gasteiger partial charge in [0.15, 0.2) is 6.10 Å². The first kappa shape index (κ1) is 16.2. The summed E-state index contributed by atoms with van der Waals surface area (Å²) in [5.74, 6) is 1.17. The maximum absolute atomic E-state index is 12.0. The lowest BCUT2D eigenvalue weighted by molar-refractivity contribution is -0.127. The van der Waals surface area contributed by atoms with Crippen molar-refractivity contribution in [3.05, 3.63) is 59.1 Å². The minimum atomic E-state index is -0.590. The van der Waals surface area contributed by atoms with Gasteiger partial charge >= 0.3 is 0 Å². The van der Waals surface area contributed by atoms with Crippen molar-refractivity contribution < 1.29 is 14.3 Å². The van der Waals surface area contributed by atoms with Crippen molar-refractivity contribution in [1.82, 2.24) is 5.32 Å². The van der Waals surface area contributed by atoms with Gasteiger partial charge in [0.2, 0.25) is 0 Å². The SMILES string of the molecule is COc1ccc(OC(C)C(=O)NCc2cccc(Cl)c2)cc1. The number of amides is 1. The second-order valence-electron chi connectivity index (χ2n) is 4.78. The number of carbonyl (C=O) groups is 1. The third-order valence-electron chi connectivity index (χ3n) is 3.10. The van der Waals surface area contributed by atoms with Crippen molar-refractivity contribution in [2.75, 3.05) is 7.11 Å². The first-order valence-corrected chi connectivity index (χ1v) is 7.29. The number of hydrogen-bond acceptors (Lipinski definition) is 3. The second kappa shape index (κ2) is 7.71. The number of rotatable bonds is 6. The Bertz CT molecular complexity index is 628. The molecule has 22 heavy (non-hydrogen) atoms. The van der Waals surface area contributed by atoms with E-state index in [1.807, 2.05) is 18.2 Å². The molecule has 1 unspecified atom stereocenters. The van der Waals surface area contributed by atoms with Crippen LogP contribution in [0.1, 0.15) is 12.5 Å². The molecule has 0 fully saturated rings. The molecular weight excluding hydrogens is 302 g/mol. The topological polar surface area (TPSA) is 47.6 Å². The van der Waals surface area contributed by atoms with Crippen LogP contribution >= 0.6 is 11.6 Å². The van der Waals surface area contributed by atoms with E-state index in [1.54, 1.807) is 44.4 Å². The van der Waals surface area contributed by atoms with Gasteiger partial charge in [-0.1, -0.05) is 23.7 Å². The zero-order valence-corrected chi connectivity index (χ0v) is 13.3. The molecule has 0 aliphatic rings. The molecule has 0 bridgehead atoms. The number of benzene rings is 2. The summed E-state index contributed by atoms with van der Waals surface area (Å²) in [7, 11) is 1.60. The Balaban J connectivity index is 1.86. The van der Waals surface area contributed by atoms with Crippen molar-refractivity contribution in [3.8, 4) is 11.5 Å². The van der Waals surface area contributed by atoms with E-state index in [4.69, 9.17) is 21.1 Å². The second-order valence-corrected chi connectivity index (χ2v) is 5.22. The molecule has 0 aromatic heterocycles. The lowest BCUT2D eigenvalue weighted by Crippen LogP contribution is -2.35. The fourth-order valence-electron chi connectivity index (χ4n) is 1.89. The molecule has 2 aromatic rings. The van der Waals surface area contributed by atoms with E-state index >= 15 is 0 Å². The maximum Gasteiger partial charge on any atom is 0.261 e. The highest BCUT2D eigenvalue weighted by Crippen LogP contribution is 2.18. The standard InChI is InChI=1S/C17H18ClNO3/c1-12(22-16-8-6-15(21-2)7-9-16)17(20)19-11-13-4-3-5-14(18)10-13/h3-10,12H,11H2,1-2H3,(H,19,20). The van der Waals surface area contributed by atoms with E-state index in [9.17, 15) is 4.79 Å². The van der Waals surface area contributed by atoms with Crippen LogP contribution in [0.2, 0.25) is 5.02 Å². The maximum atomic E-state index is 12.0. The largest absolute Gasteiger partial charge is 0.497 e. The van der Waals surface area contributed by atoms with Crippen LogP contribution in [-0.4, -0.2) is 19.1 Å². The summed E-state index contributed by atoms with van der Waals surface area (Å²) in [4.78, 5) is 12.0. The molecule has 2 rings (SSSR count). The molecule has 0 spiro atoms. The van der Waals surface area contributed by atoms with E-state index in [1.165, 1.54) is 0 Å². The third kappa shape index (κ3) is 4.67. The Labute approximate surface area is 135 Å². The number of nitrogens with one attached hydrogen (secondary N) is 1. The van der Waals surface area contributed by atoms with Gasteiger partial charge in [-0.15, -0.1) is 0 Å². The van der Waals surface area contributed by atoms with Crippen molar-refractivity contribution >= 4 is 17.5 Å². The Morgan fingerprint density at radius 3 is 2.50 bits per heavy atom. The summed E-state index contributed by atoms with van der Waals surface area (Å²) in [6, 6.07) is 14.5. The highest BCUT2D eigenvalue weighted by molar-refractivity contribution is 6.30. The van der Waals surface area contributed by atoms with Gasteiger partial charge in [0, 0.05) is 11.6 Å². The summed E-state index contributed by atoms with van der Waals surface area (Å²) in [6.45, 7) is 2.12. The molecule has 0 saturated heterocycles. The van der Waals surface area contributed by atoms with Gasteiger partial charge in [-0.25, -0.2) is 0 Å². The summed E-state index contributed by atoms with van der Waals surface area (Å²) in [5.41, 5.74) is 0.942. The smallest absolute Gasteiger partial charge is 0.261 e. The average molecular weight is 320 g/mol. The fourth-order valence-corrected chi connectivity index (χ4v) is 2.10. The van der Waals surface area contributed by atoms with Crippen LogP contribution in [0.4, 0.5) is 0 Å². The molecule has 0 aliphatic heterocycles. The van der Waals surface area contributed by atoms with Crippen molar-refractivity contribution in [1.29, 1.82) is 0 Å². The van der Waals surface area contributed by atoms with Gasteiger partial charge in [0.25, 0.3) is 5.91 Å². The number of methoxy groups -OCH3 is 1. The highest BCUT2D eigenvalue weighted by atomic mass is 35.5. The molecule has 2 aromatic carbocycles. The van der Waals surface area contributed by atoms with E-state index in [0.717, 1.165) is 11.3 Å². The number of carbonyl (C=O) groups excluding carboxylic acids is 1. The van der Waals surface area contributed by atoms with E-state index in [2.05, 4.69) is 5.32 Å². The van der Waals surface area contributed by atoms with Crippen molar-refractivity contribution in [3.63, 3.8) is 0 Å². The van der Waals surface area contributed by atoms with Crippen LogP contribution in [-0.2, 0) is 11.3 Å². The van der Waals surface area contributed by atoms with Gasteiger partial charge in [0.1, 0.15) is 11.5 Å². The normalized spacial score (nSPS) is 11.6. The summed E-state index contributed by atoms with van der Waals surface area (Å²) in [6.07, 6.45) is -0.590. The van der Waals surface area contributed by atoms with Crippen LogP contribution in [0.25, 0.3) is 0 Å². The third-order valence-corrected chi connectivity index (χ3v) is 3.33. The molecule has 0 saturated carbocycles. The highest BCUT2D eigenvalue weighted by Gasteiger charge is 2.14. The zero-order valence-electron chi connectivity index (χ0n) is 12.5. The molecule has 1 atom stereocenters.